The minimum atomic E-state index is 0.666. The molecule has 2 aliphatic carbocycles. The summed E-state index contributed by atoms with van der Waals surface area (Å²) < 4.78 is 0. The van der Waals surface area contributed by atoms with Crippen LogP contribution in [0, 0.1) is 0 Å². The molecule has 0 unspecified atom stereocenters. The van der Waals surface area contributed by atoms with Crippen molar-refractivity contribution in [2.75, 3.05) is 5.73 Å². The molecule has 0 saturated carbocycles. The Kier molecular flexibility index (Phi) is 2.24. The van der Waals surface area contributed by atoms with Crippen molar-refractivity contribution < 1.29 is 0 Å². The lowest BCUT2D eigenvalue weighted by Crippen LogP contribution is -2.07. The number of rotatable bonds is 1. The molecular formula is C15H21N. The van der Waals surface area contributed by atoms with E-state index in [0.717, 1.165) is 5.69 Å². The van der Waals surface area contributed by atoms with Gasteiger partial charge < -0.3 is 5.73 Å². The molecule has 1 heteroatoms. The van der Waals surface area contributed by atoms with E-state index in [2.05, 4.69) is 13.8 Å². The predicted molar refractivity (Wildman–Crippen MR) is 69.0 cm³/mol. The average Bonchev–Trinajstić information content (AvgIpc) is 2.84. The molecular weight excluding hydrogens is 194 g/mol. The normalized spacial score (nSPS) is 17.9. The Labute approximate surface area is 98.0 Å². The van der Waals surface area contributed by atoms with Gasteiger partial charge in [-0.25, -0.2) is 0 Å². The molecule has 2 aliphatic rings. The SMILES string of the molecule is CC(C)c1c2c(c(N)c3c1CCC3)CCC2. The molecule has 0 spiro atoms. The van der Waals surface area contributed by atoms with Crippen LogP contribution in [0.15, 0.2) is 0 Å². The van der Waals surface area contributed by atoms with E-state index in [0.29, 0.717) is 5.92 Å². The second kappa shape index (κ2) is 3.51. The summed E-state index contributed by atoms with van der Waals surface area (Å²) in [5, 5.41) is 0. The van der Waals surface area contributed by atoms with Crippen LogP contribution >= 0.6 is 0 Å². The molecule has 1 aromatic carbocycles. The van der Waals surface area contributed by atoms with E-state index in [1.807, 2.05) is 0 Å². The molecule has 0 amide bonds. The lowest BCUT2D eigenvalue weighted by Gasteiger charge is -2.20. The third-order valence-corrected chi connectivity index (χ3v) is 4.31. The number of hydrogen-bond donors (Lipinski definition) is 1. The summed E-state index contributed by atoms with van der Waals surface area (Å²) in [6.45, 7) is 4.67. The Balaban J connectivity index is 2.31. The van der Waals surface area contributed by atoms with Gasteiger partial charge in [0.2, 0.25) is 0 Å². The van der Waals surface area contributed by atoms with Crippen molar-refractivity contribution in [3.63, 3.8) is 0 Å². The third-order valence-electron chi connectivity index (χ3n) is 4.31. The molecule has 16 heavy (non-hydrogen) atoms. The highest BCUT2D eigenvalue weighted by atomic mass is 14.6. The van der Waals surface area contributed by atoms with Gasteiger partial charge in [-0.2, -0.15) is 0 Å². The van der Waals surface area contributed by atoms with E-state index in [1.54, 1.807) is 16.7 Å². The average molecular weight is 215 g/mol. The van der Waals surface area contributed by atoms with Crippen molar-refractivity contribution >= 4 is 5.69 Å². The quantitative estimate of drug-likeness (QED) is 0.714. The second-order valence-electron chi connectivity index (χ2n) is 5.60. The summed E-state index contributed by atoms with van der Waals surface area (Å²) in [4.78, 5) is 0. The van der Waals surface area contributed by atoms with E-state index < -0.39 is 0 Å². The summed E-state index contributed by atoms with van der Waals surface area (Å²) in [5.41, 5.74) is 15.4. The summed E-state index contributed by atoms with van der Waals surface area (Å²) in [6.07, 6.45) is 7.58. The number of nitrogen functional groups attached to an aromatic ring is 1. The van der Waals surface area contributed by atoms with Gasteiger partial charge in [0.25, 0.3) is 0 Å². The van der Waals surface area contributed by atoms with Crippen LogP contribution in [0.4, 0.5) is 5.69 Å². The molecule has 2 N–H and O–H groups in total. The van der Waals surface area contributed by atoms with Gasteiger partial charge in [-0.3, -0.25) is 0 Å². The van der Waals surface area contributed by atoms with Crippen LogP contribution < -0.4 is 5.73 Å². The van der Waals surface area contributed by atoms with Gasteiger partial charge in [0.05, 0.1) is 0 Å². The topological polar surface area (TPSA) is 26.0 Å². The van der Waals surface area contributed by atoms with Gasteiger partial charge in [0.1, 0.15) is 0 Å². The first kappa shape index (κ1) is 10.2. The fraction of sp³-hybridized carbons (Fsp3) is 0.600. The zero-order valence-corrected chi connectivity index (χ0v) is 10.4. The number of nitrogens with two attached hydrogens (primary N) is 1. The highest BCUT2D eigenvalue weighted by Crippen LogP contribution is 2.42. The predicted octanol–water partition coefficient (Wildman–Crippen LogP) is 3.37. The molecule has 0 radical (unpaired) electrons. The Hall–Kier alpha value is -0.980. The Morgan fingerprint density at radius 2 is 1.25 bits per heavy atom. The largest absolute Gasteiger partial charge is 0.398 e. The van der Waals surface area contributed by atoms with Gasteiger partial charge >= 0.3 is 0 Å². The Bertz CT molecular complexity index is 408. The summed E-state index contributed by atoms with van der Waals surface area (Å²) in [7, 11) is 0. The van der Waals surface area contributed by atoms with E-state index in [-0.39, 0.29) is 0 Å². The zero-order chi connectivity index (χ0) is 11.3. The van der Waals surface area contributed by atoms with E-state index >= 15 is 0 Å². The summed E-state index contributed by atoms with van der Waals surface area (Å²) >= 11 is 0. The summed E-state index contributed by atoms with van der Waals surface area (Å²) in [5.74, 6) is 0.666. The molecule has 0 fully saturated rings. The van der Waals surface area contributed by atoms with Crippen molar-refractivity contribution in [3.8, 4) is 0 Å². The number of benzene rings is 1. The molecule has 3 rings (SSSR count). The summed E-state index contributed by atoms with van der Waals surface area (Å²) in [6, 6.07) is 0. The van der Waals surface area contributed by atoms with Crippen molar-refractivity contribution in [2.45, 2.75) is 58.3 Å². The number of anilines is 1. The van der Waals surface area contributed by atoms with E-state index in [9.17, 15) is 0 Å². The van der Waals surface area contributed by atoms with Gasteiger partial charge in [-0.15, -0.1) is 0 Å². The monoisotopic (exact) mass is 215 g/mol. The van der Waals surface area contributed by atoms with Gasteiger partial charge in [0, 0.05) is 5.69 Å². The fourth-order valence-corrected chi connectivity index (χ4v) is 3.74. The van der Waals surface area contributed by atoms with E-state index in [4.69, 9.17) is 5.73 Å². The van der Waals surface area contributed by atoms with Gasteiger partial charge in [0.15, 0.2) is 0 Å². The van der Waals surface area contributed by atoms with Gasteiger partial charge in [-0.1, -0.05) is 13.8 Å². The molecule has 0 atom stereocenters. The van der Waals surface area contributed by atoms with Crippen LogP contribution in [0.25, 0.3) is 0 Å². The van der Waals surface area contributed by atoms with Crippen molar-refractivity contribution in [1.82, 2.24) is 0 Å². The van der Waals surface area contributed by atoms with Crippen LogP contribution in [0.5, 0.6) is 0 Å². The molecule has 0 aliphatic heterocycles. The third kappa shape index (κ3) is 1.24. The molecule has 0 saturated heterocycles. The van der Waals surface area contributed by atoms with Crippen molar-refractivity contribution in [2.24, 2.45) is 0 Å². The maximum Gasteiger partial charge on any atom is 0.0384 e. The zero-order valence-electron chi connectivity index (χ0n) is 10.4. The highest BCUT2D eigenvalue weighted by molar-refractivity contribution is 5.66. The van der Waals surface area contributed by atoms with E-state index in [1.165, 1.54) is 49.7 Å². The molecule has 0 bridgehead atoms. The van der Waals surface area contributed by atoms with Crippen LogP contribution in [0.1, 0.15) is 60.4 Å². The second-order valence-corrected chi connectivity index (χ2v) is 5.60. The van der Waals surface area contributed by atoms with Crippen LogP contribution in [0.3, 0.4) is 0 Å². The van der Waals surface area contributed by atoms with Crippen molar-refractivity contribution in [1.29, 1.82) is 0 Å². The molecule has 1 aromatic rings. The first-order valence-electron chi connectivity index (χ1n) is 6.65. The van der Waals surface area contributed by atoms with Crippen LogP contribution in [-0.4, -0.2) is 0 Å². The van der Waals surface area contributed by atoms with Gasteiger partial charge in [-0.05, 0) is 72.3 Å². The smallest absolute Gasteiger partial charge is 0.0384 e. The molecule has 0 aromatic heterocycles. The number of hydrogen-bond acceptors (Lipinski definition) is 1. The van der Waals surface area contributed by atoms with Crippen molar-refractivity contribution in [3.05, 3.63) is 27.8 Å². The first-order valence-corrected chi connectivity index (χ1v) is 6.65. The Morgan fingerprint density at radius 1 is 0.812 bits per heavy atom. The maximum atomic E-state index is 6.36. The Morgan fingerprint density at radius 3 is 1.69 bits per heavy atom. The molecule has 0 heterocycles. The lowest BCUT2D eigenvalue weighted by atomic mass is 9.86. The number of fused-ring (bicyclic) bond motifs is 2. The lowest BCUT2D eigenvalue weighted by molar-refractivity contribution is 0.816. The molecule has 86 valence electrons. The fourth-order valence-electron chi connectivity index (χ4n) is 3.74. The van der Waals surface area contributed by atoms with Crippen LogP contribution in [-0.2, 0) is 25.7 Å². The van der Waals surface area contributed by atoms with Crippen LogP contribution in [0.2, 0.25) is 0 Å². The standard InChI is InChI=1S/C15H21N/c1-9(2)14-10-5-3-7-12(10)15(16)13-8-4-6-11(13)14/h9H,3-8,16H2,1-2H3. The highest BCUT2D eigenvalue weighted by Gasteiger charge is 2.28. The molecule has 1 nitrogen and oxygen atoms in total. The minimum absolute atomic E-state index is 0.666. The maximum absolute atomic E-state index is 6.36. The first-order chi connectivity index (χ1) is 7.70. The minimum Gasteiger partial charge on any atom is -0.398 e.